The van der Waals surface area contributed by atoms with E-state index in [1.54, 1.807) is 6.54 Å². The minimum atomic E-state index is -3.44. The smallest absolute Gasteiger partial charge is 1.00 e. The Balaban J connectivity index is 0.00000130. The van der Waals surface area contributed by atoms with E-state index in [1.807, 2.05) is 0 Å². The second-order valence-corrected chi connectivity index (χ2v) is 18.7. The second kappa shape index (κ2) is 9.98. The van der Waals surface area contributed by atoms with Gasteiger partial charge >= 0.3 is 190 Å². The van der Waals surface area contributed by atoms with Crippen molar-refractivity contribution in [1.29, 1.82) is 0 Å². The topological polar surface area (TPSA) is 0 Å². The van der Waals surface area contributed by atoms with E-state index in [1.165, 1.54) is 22.3 Å². The van der Waals surface area contributed by atoms with Gasteiger partial charge in [-0.1, -0.05) is 0 Å². The third-order valence-electron chi connectivity index (χ3n) is 7.07. The molecule has 0 spiro atoms. The Morgan fingerprint density at radius 2 is 0.848 bits per heavy atom. The summed E-state index contributed by atoms with van der Waals surface area (Å²) in [5.41, 5.74) is 5.87. The van der Waals surface area contributed by atoms with Crippen LogP contribution in [0.5, 0.6) is 0 Å². The predicted octanol–water partition coefficient (Wildman–Crippen LogP) is 0.484. The molecule has 0 fully saturated rings. The average Bonchev–Trinajstić information content (AvgIpc) is 3.49. The van der Waals surface area contributed by atoms with E-state index in [0.29, 0.717) is 7.25 Å². The SMILES string of the molecule is C1=C[CH]([Zr]([c]2ccccc2)([c]2ccccc2)[CH]2c3ccccc3-c3ccccc32)C=C1.[Cl-].[Cl-]. The molecule has 0 saturated heterocycles. The van der Waals surface area contributed by atoms with Gasteiger partial charge in [0.25, 0.3) is 0 Å². The first-order valence-corrected chi connectivity index (χ1v) is 16.3. The zero-order valence-electron chi connectivity index (χ0n) is 18.1. The molecule has 0 bridgehead atoms. The Kier molecular flexibility index (Phi) is 7.25. The van der Waals surface area contributed by atoms with Crippen LogP contribution in [-0.2, 0) is 20.3 Å². The molecule has 0 atom stereocenters. The van der Waals surface area contributed by atoms with Gasteiger partial charge in [0.15, 0.2) is 0 Å². The molecule has 0 aliphatic heterocycles. The zero-order valence-corrected chi connectivity index (χ0v) is 22.1. The van der Waals surface area contributed by atoms with Gasteiger partial charge in [-0.2, -0.15) is 0 Å². The molecule has 33 heavy (non-hydrogen) atoms. The van der Waals surface area contributed by atoms with Crippen LogP contribution in [0.1, 0.15) is 14.8 Å². The van der Waals surface area contributed by atoms with Gasteiger partial charge in [0, 0.05) is 0 Å². The first-order chi connectivity index (χ1) is 15.4. The van der Waals surface area contributed by atoms with Crippen molar-refractivity contribution >= 4 is 6.54 Å². The molecule has 164 valence electrons. The van der Waals surface area contributed by atoms with E-state index in [4.69, 9.17) is 0 Å². The van der Waals surface area contributed by atoms with E-state index >= 15 is 0 Å². The molecule has 2 aliphatic rings. The molecule has 0 unspecified atom stereocenters. The first kappa shape index (κ1) is 24.0. The molecule has 2 aliphatic carbocycles. The van der Waals surface area contributed by atoms with Crippen LogP contribution in [0.4, 0.5) is 0 Å². The van der Waals surface area contributed by atoms with E-state index in [0.717, 1.165) is 0 Å². The largest absolute Gasteiger partial charge is 1.00 e. The van der Waals surface area contributed by atoms with Gasteiger partial charge in [-0.25, -0.2) is 0 Å². The standard InChI is InChI=1S/C13H9.2C6H5.C5H5.2ClH.Zr/c1-3-7-12-10(5-1)9-11-6-2-4-8-13(11)12;2*1-2-4-6-5-3-1;1-2-4-5-3-1;;;/h1-9H;2*1-5H;1-5H;2*1H;/p-2. The van der Waals surface area contributed by atoms with E-state index in [2.05, 4.69) is 133 Å². The van der Waals surface area contributed by atoms with Crippen molar-refractivity contribution in [3.8, 4) is 11.1 Å². The summed E-state index contributed by atoms with van der Waals surface area (Å²) in [5.74, 6) is 0. The molecule has 0 heterocycles. The van der Waals surface area contributed by atoms with Gasteiger partial charge in [0.2, 0.25) is 0 Å². The average molecular weight is 547 g/mol. The maximum Gasteiger partial charge on any atom is -1.00 e. The van der Waals surface area contributed by atoms with Crippen molar-refractivity contribution in [2.75, 3.05) is 0 Å². The van der Waals surface area contributed by atoms with Crippen LogP contribution >= 0.6 is 0 Å². The van der Waals surface area contributed by atoms with Crippen LogP contribution in [0.3, 0.4) is 0 Å². The zero-order chi connectivity index (χ0) is 20.7. The maximum atomic E-state index is 2.47. The Morgan fingerprint density at radius 3 is 1.30 bits per heavy atom. The summed E-state index contributed by atoms with van der Waals surface area (Å²) in [7, 11) is 0. The van der Waals surface area contributed by atoms with Gasteiger partial charge in [-0.05, 0) is 0 Å². The van der Waals surface area contributed by atoms with Crippen molar-refractivity contribution in [2.45, 2.75) is 7.25 Å². The van der Waals surface area contributed by atoms with E-state index in [-0.39, 0.29) is 24.8 Å². The van der Waals surface area contributed by atoms with E-state index in [9.17, 15) is 0 Å². The fourth-order valence-corrected chi connectivity index (χ4v) is 20.5. The molecular formula is C30H24Cl2Zr-2. The Morgan fingerprint density at radius 1 is 0.455 bits per heavy atom. The molecular weight excluding hydrogens is 522 g/mol. The minimum absolute atomic E-state index is 0. The molecule has 4 aromatic rings. The summed E-state index contributed by atoms with van der Waals surface area (Å²) >= 11 is -3.44. The van der Waals surface area contributed by atoms with Gasteiger partial charge in [0.05, 0.1) is 0 Å². The number of hydrogen-bond acceptors (Lipinski definition) is 0. The molecule has 0 amide bonds. The molecule has 3 heteroatoms. The van der Waals surface area contributed by atoms with Gasteiger partial charge in [0.1, 0.15) is 0 Å². The summed E-state index contributed by atoms with van der Waals surface area (Å²) in [4.78, 5) is 0. The number of allylic oxidation sites excluding steroid dienone is 4. The maximum absolute atomic E-state index is 3.44. The van der Waals surface area contributed by atoms with E-state index < -0.39 is 20.3 Å². The Hall–Kier alpha value is -2.18. The van der Waals surface area contributed by atoms with Crippen molar-refractivity contribution in [3.63, 3.8) is 0 Å². The number of halogens is 2. The third-order valence-corrected chi connectivity index (χ3v) is 20.7. The first-order valence-electron chi connectivity index (χ1n) is 11.0. The van der Waals surface area contributed by atoms with Crippen molar-refractivity contribution < 1.29 is 45.1 Å². The Bertz CT molecular complexity index is 1200. The molecule has 6 rings (SSSR count). The summed E-state index contributed by atoms with van der Waals surface area (Å²) in [6.07, 6.45) is 9.46. The van der Waals surface area contributed by atoms with Gasteiger partial charge in [-0.3, -0.25) is 0 Å². The normalized spacial score (nSPS) is 14.3. The summed E-state index contributed by atoms with van der Waals surface area (Å²) in [6.45, 7) is 0. The van der Waals surface area contributed by atoms with Crippen molar-refractivity contribution in [3.05, 3.63) is 145 Å². The molecule has 0 saturated carbocycles. The van der Waals surface area contributed by atoms with Crippen LogP contribution in [0.2, 0.25) is 3.63 Å². The number of fused-ring (bicyclic) bond motifs is 3. The monoisotopic (exact) mass is 544 g/mol. The van der Waals surface area contributed by atoms with Crippen LogP contribution in [0.15, 0.2) is 133 Å². The predicted molar refractivity (Wildman–Crippen MR) is 128 cm³/mol. The van der Waals surface area contributed by atoms with Gasteiger partial charge in [-0.15, -0.1) is 0 Å². The van der Waals surface area contributed by atoms with Crippen LogP contribution in [0.25, 0.3) is 11.1 Å². The fraction of sp³-hybridized carbons (Fsp3) is 0.0667. The molecule has 0 N–H and O–H groups in total. The minimum Gasteiger partial charge on any atom is -1.00 e. The number of hydrogen-bond donors (Lipinski definition) is 0. The van der Waals surface area contributed by atoms with Crippen LogP contribution in [0, 0.1) is 0 Å². The number of rotatable bonds is 4. The fourth-order valence-electron chi connectivity index (χ4n) is 5.89. The second-order valence-electron chi connectivity index (χ2n) is 8.50. The summed E-state index contributed by atoms with van der Waals surface area (Å²) in [5, 5.41) is 0. The molecule has 4 aromatic carbocycles. The third kappa shape index (κ3) is 3.72. The number of benzene rings is 4. The summed E-state index contributed by atoms with van der Waals surface area (Å²) in [6, 6.07) is 41.1. The van der Waals surface area contributed by atoms with Gasteiger partial charge < -0.3 is 24.8 Å². The quantitative estimate of drug-likeness (QED) is 0.350. The molecule has 0 aromatic heterocycles. The van der Waals surface area contributed by atoms with Crippen LogP contribution < -0.4 is 31.4 Å². The summed E-state index contributed by atoms with van der Waals surface area (Å²) < 4.78 is 4.05. The molecule has 0 radical (unpaired) electrons. The van der Waals surface area contributed by atoms with Crippen LogP contribution in [-0.4, -0.2) is 0 Å². The van der Waals surface area contributed by atoms with Crippen molar-refractivity contribution in [2.24, 2.45) is 0 Å². The van der Waals surface area contributed by atoms with Crippen molar-refractivity contribution in [1.82, 2.24) is 0 Å². The molecule has 0 nitrogen and oxygen atoms in total. The Labute approximate surface area is 213 Å².